The van der Waals surface area contributed by atoms with Crippen LogP contribution in [-0.4, -0.2) is 103 Å². The predicted molar refractivity (Wildman–Crippen MR) is 112 cm³/mol. The lowest BCUT2D eigenvalue weighted by Crippen LogP contribution is -2.33. The van der Waals surface area contributed by atoms with E-state index in [1.54, 1.807) is 20.3 Å². The second-order valence-corrected chi connectivity index (χ2v) is 6.10. The van der Waals surface area contributed by atoms with Crippen molar-refractivity contribution in [3.8, 4) is 0 Å². The fraction of sp³-hybridized carbons (Fsp3) is 0.714. The molecule has 0 aliphatic heterocycles. The minimum atomic E-state index is 0.610. The molecule has 0 N–H and O–H groups in total. The van der Waals surface area contributed by atoms with E-state index in [1.165, 1.54) is 0 Å². The molecule has 0 atom stereocenters. The Balaban J connectivity index is 3.88. The van der Waals surface area contributed by atoms with Crippen molar-refractivity contribution < 1.29 is 18.9 Å². The maximum Gasteiger partial charge on any atom is 0.0701 e. The van der Waals surface area contributed by atoms with Gasteiger partial charge in [0.1, 0.15) is 0 Å². The molecular weight excluding hydrogens is 344 g/mol. The third-order valence-electron chi connectivity index (χ3n) is 4.15. The number of ether oxygens (including phenoxy) is 4. The molecule has 0 spiro atoms. The first-order valence-corrected chi connectivity index (χ1v) is 9.73. The van der Waals surface area contributed by atoms with E-state index in [4.69, 9.17) is 18.9 Å². The maximum absolute atomic E-state index is 5.71. The van der Waals surface area contributed by atoms with E-state index in [9.17, 15) is 0 Å². The SMILES string of the molecule is C=C/C=C(\C=C)CN(CCOC)CCOCCOCCN(CC)CCOC. The number of allylic oxidation sites excluding steroid dienone is 2. The van der Waals surface area contributed by atoms with Crippen LogP contribution in [0, 0.1) is 0 Å². The molecule has 0 amide bonds. The van der Waals surface area contributed by atoms with Crippen LogP contribution in [0.1, 0.15) is 6.92 Å². The molecule has 0 rings (SSSR count). The molecule has 0 bridgehead atoms. The monoisotopic (exact) mass is 384 g/mol. The Morgan fingerprint density at radius 1 is 0.778 bits per heavy atom. The van der Waals surface area contributed by atoms with Gasteiger partial charge in [0.05, 0.1) is 39.6 Å². The summed E-state index contributed by atoms with van der Waals surface area (Å²) in [6.45, 7) is 19.2. The van der Waals surface area contributed by atoms with Gasteiger partial charge in [0.25, 0.3) is 0 Å². The Bertz CT molecular complexity index is 388. The van der Waals surface area contributed by atoms with Crippen molar-refractivity contribution >= 4 is 0 Å². The first-order valence-electron chi connectivity index (χ1n) is 9.73. The molecule has 0 saturated carbocycles. The molecular formula is C21H40N2O4. The van der Waals surface area contributed by atoms with Gasteiger partial charge >= 0.3 is 0 Å². The van der Waals surface area contributed by atoms with E-state index in [0.717, 1.165) is 58.1 Å². The van der Waals surface area contributed by atoms with Crippen LogP contribution in [0.2, 0.25) is 0 Å². The first kappa shape index (κ1) is 26.0. The van der Waals surface area contributed by atoms with E-state index in [0.29, 0.717) is 26.4 Å². The Labute approximate surface area is 166 Å². The van der Waals surface area contributed by atoms with Gasteiger partial charge in [-0.1, -0.05) is 38.3 Å². The average molecular weight is 385 g/mol. The third kappa shape index (κ3) is 15.7. The van der Waals surface area contributed by atoms with Gasteiger partial charge in [0.15, 0.2) is 0 Å². The van der Waals surface area contributed by atoms with E-state index < -0.39 is 0 Å². The highest BCUT2D eigenvalue weighted by Crippen LogP contribution is 2.01. The number of methoxy groups -OCH3 is 2. The van der Waals surface area contributed by atoms with E-state index in [-0.39, 0.29) is 0 Å². The number of likely N-dealkylation sites (N-methyl/N-ethyl adjacent to an activating group) is 1. The normalized spacial score (nSPS) is 12.1. The molecule has 0 radical (unpaired) electrons. The van der Waals surface area contributed by atoms with Crippen molar-refractivity contribution in [2.75, 3.05) is 93.1 Å². The Morgan fingerprint density at radius 3 is 1.78 bits per heavy atom. The van der Waals surface area contributed by atoms with Crippen molar-refractivity contribution in [1.29, 1.82) is 0 Å². The summed E-state index contributed by atoms with van der Waals surface area (Å²) in [6, 6.07) is 0. The van der Waals surface area contributed by atoms with Crippen molar-refractivity contribution in [2.45, 2.75) is 6.92 Å². The fourth-order valence-electron chi connectivity index (χ4n) is 2.44. The summed E-state index contributed by atoms with van der Waals surface area (Å²) in [7, 11) is 3.45. The van der Waals surface area contributed by atoms with Gasteiger partial charge in [-0.15, -0.1) is 0 Å². The molecule has 0 saturated heterocycles. The molecule has 0 aromatic rings. The molecule has 6 heteroatoms. The highest BCUT2D eigenvalue weighted by atomic mass is 16.5. The van der Waals surface area contributed by atoms with Gasteiger partial charge in [0, 0.05) is 46.9 Å². The average Bonchev–Trinajstić information content (AvgIpc) is 2.69. The Hall–Kier alpha value is -1.02. The number of hydrogen-bond acceptors (Lipinski definition) is 6. The highest BCUT2D eigenvalue weighted by molar-refractivity contribution is 5.22. The van der Waals surface area contributed by atoms with Crippen LogP contribution in [-0.2, 0) is 18.9 Å². The molecule has 158 valence electrons. The van der Waals surface area contributed by atoms with Gasteiger partial charge in [-0.2, -0.15) is 0 Å². The van der Waals surface area contributed by atoms with Crippen LogP contribution < -0.4 is 0 Å². The molecule has 6 nitrogen and oxygen atoms in total. The largest absolute Gasteiger partial charge is 0.383 e. The topological polar surface area (TPSA) is 43.4 Å². The number of hydrogen-bond donors (Lipinski definition) is 0. The lowest BCUT2D eigenvalue weighted by molar-refractivity contribution is 0.0283. The lowest BCUT2D eigenvalue weighted by atomic mass is 10.2. The molecule has 0 fully saturated rings. The molecule has 0 aromatic heterocycles. The molecule has 0 heterocycles. The summed E-state index contributed by atoms with van der Waals surface area (Å²) >= 11 is 0. The number of nitrogens with zero attached hydrogens (tertiary/aromatic N) is 2. The zero-order valence-corrected chi connectivity index (χ0v) is 17.7. The van der Waals surface area contributed by atoms with Crippen LogP contribution >= 0.6 is 0 Å². The summed E-state index contributed by atoms with van der Waals surface area (Å²) in [5, 5.41) is 0. The molecule has 0 unspecified atom stereocenters. The van der Waals surface area contributed by atoms with Crippen molar-refractivity contribution in [2.24, 2.45) is 0 Å². The van der Waals surface area contributed by atoms with Crippen molar-refractivity contribution in [3.63, 3.8) is 0 Å². The zero-order chi connectivity index (χ0) is 20.2. The van der Waals surface area contributed by atoms with Gasteiger partial charge in [-0.3, -0.25) is 9.80 Å². The van der Waals surface area contributed by atoms with Crippen LogP contribution in [0.15, 0.2) is 37.0 Å². The van der Waals surface area contributed by atoms with Gasteiger partial charge < -0.3 is 18.9 Å². The zero-order valence-electron chi connectivity index (χ0n) is 17.7. The van der Waals surface area contributed by atoms with E-state index in [1.807, 2.05) is 12.2 Å². The highest BCUT2D eigenvalue weighted by Gasteiger charge is 2.06. The van der Waals surface area contributed by atoms with Crippen molar-refractivity contribution in [1.82, 2.24) is 9.80 Å². The molecule has 0 aliphatic carbocycles. The van der Waals surface area contributed by atoms with Crippen LogP contribution in [0.25, 0.3) is 0 Å². The second-order valence-electron chi connectivity index (χ2n) is 6.10. The van der Waals surface area contributed by atoms with Gasteiger partial charge in [-0.05, 0) is 12.1 Å². The summed E-state index contributed by atoms with van der Waals surface area (Å²) in [4.78, 5) is 4.60. The summed E-state index contributed by atoms with van der Waals surface area (Å²) < 4.78 is 21.7. The van der Waals surface area contributed by atoms with Crippen LogP contribution in [0.4, 0.5) is 0 Å². The van der Waals surface area contributed by atoms with Crippen LogP contribution in [0.5, 0.6) is 0 Å². The fourth-order valence-corrected chi connectivity index (χ4v) is 2.44. The molecule has 0 aliphatic rings. The Kier molecular flexibility index (Phi) is 19.0. The minimum absolute atomic E-state index is 0.610. The maximum atomic E-state index is 5.71. The quantitative estimate of drug-likeness (QED) is 0.237. The summed E-state index contributed by atoms with van der Waals surface area (Å²) in [6.07, 6.45) is 5.63. The number of rotatable bonds is 20. The Morgan fingerprint density at radius 2 is 1.30 bits per heavy atom. The summed E-state index contributed by atoms with van der Waals surface area (Å²) in [5.74, 6) is 0. The smallest absolute Gasteiger partial charge is 0.0701 e. The third-order valence-corrected chi connectivity index (χ3v) is 4.15. The van der Waals surface area contributed by atoms with E-state index in [2.05, 4.69) is 29.9 Å². The van der Waals surface area contributed by atoms with Crippen molar-refractivity contribution in [3.05, 3.63) is 37.0 Å². The van der Waals surface area contributed by atoms with Crippen LogP contribution in [0.3, 0.4) is 0 Å². The van der Waals surface area contributed by atoms with Gasteiger partial charge in [-0.25, -0.2) is 0 Å². The van der Waals surface area contributed by atoms with E-state index >= 15 is 0 Å². The second kappa shape index (κ2) is 19.7. The first-order chi connectivity index (χ1) is 13.2. The minimum Gasteiger partial charge on any atom is -0.383 e. The predicted octanol–water partition coefficient (Wildman–Crippen LogP) is 2.23. The van der Waals surface area contributed by atoms with Gasteiger partial charge in [0.2, 0.25) is 0 Å². The molecule has 0 aromatic carbocycles. The lowest BCUT2D eigenvalue weighted by Gasteiger charge is -2.22. The standard InChI is InChI=1S/C21H40N2O4/c1-6-9-21(7-2)20-23(11-15-25-5)13-17-27-19-18-26-16-12-22(8-3)10-14-24-4/h6-7,9H,1-2,8,10-20H2,3-5H3/b21-9+. The molecule has 27 heavy (non-hydrogen) atoms. The summed E-state index contributed by atoms with van der Waals surface area (Å²) in [5.41, 5.74) is 1.14.